The van der Waals surface area contributed by atoms with Gasteiger partial charge >= 0.3 is 5.97 Å². The lowest BCUT2D eigenvalue weighted by atomic mass is 9.90. The van der Waals surface area contributed by atoms with Gasteiger partial charge in [0.05, 0.1) is 18.4 Å². The molecule has 0 aliphatic carbocycles. The van der Waals surface area contributed by atoms with Crippen LogP contribution in [0, 0.1) is 0 Å². The van der Waals surface area contributed by atoms with Crippen LogP contribution in [0.5, 0.6) is 0 Å². The lowest BCUT2D eigenvalue weighted by molar-refractivity contribution is -0.148. The Kier molecular flexibility index (Phi) is 5.22. The summed E-state index contributed by atoms with van der Waals surface area (Å²) in [4.78, 5) is 19.0. The molecule has 0 amide bonds. The summed E-state index contributed by atoms with van der Waals surface area (Å²) >= 11 is 1.58. The van der Waals surface area contributed by atoms with Crippen LogP contribution in [-0.2, 0) is 19.7 Å². The Hall–Kier alpha value is -1.14. The second-order valence-electron chi connectivity index (χ2n) is 5.81. The zero-order chi connectivity index (χ0) is 15.5. The number of ether oxygens (including phenoxy) is 2. The van der Waals surface area contributed by atoms with E-state index in [2.05, 4.69) is 9.88 Å². The quantitative estimate of drug-likeness (QED) is 0.782. The molecule has 0 bridgehead atoms. The van der Waals surface area contributed by atoms with Crippen LogP contribution in [0.15, 0.2) is 5.38 Å². The van der Waals surface area contributed by atoms with Gasteiger partial charge in [-0.25, -0.2) is 4.98 Å². The molecule has 6 heteroatoms. The van der Waals surface area contributed by atoms with Crippen LogP contribution in [0.4, 0.5) is 5.13 Å². The van der Waals surface area contributed by atoms with Crippen molar-refractivity contribution in [1.82, 2.24) is 4.98 Å². The number of esters is 1. The molecule has 1 atom stereocenters. The number of carbonyl (C=O) groups excluding carboxylic acids is 1. The molecule has 1 aromatic rings. The standard InChI is InChI=1S/C15H24N2O3S/c1-5-20-13(18)15(2,3)12-10-21-14(16-12)17-8-6-7-11(9-17)19-4/h10-11H,5-9H2,1-4H3. The highest BCUT2D eigenvalue weighted by molar-refractivity contribution is 7.13. The number of rotatable bonds is 5. The fourth-order valence-electron chi connectivity index (χ4n) is 2.42. The predicted molar refractivity (Wildman–Crippen MR) is 84.0 cm³/mol. The van der Waals surface area contributed by atoms with E-state index >= 15 is 0 Å². The van der Waals surface area contributed by atoms with E-state index < -0.39 is 5.41 Å². The van der Waals surface area contributed by atoms with Gasteiger partial charge in [-0.3, -0.25) is 4.79 Å². The van der Waals surface area contributed by atoms with Crippen LogP contribution in [0.25, 0.3) is 0 Å². The third kappa shape index (κ3) is 3.55. The second kappa shape index (κ2) is 6.75. The summed E-state index contributed by atoms with van der Waals surface area (Å²) in [5, 5.41) is 2.92. The minimum absolute atomic E-state index is 0.227. The molecule has 1 aromatic heterocycles. The molecule has 0 aromatic carbocycles. The normalized spacial score (nSPS) is 19.6. The summed E-state index contributed by atoms with van der Waals surface area (Å²) in [5.74, 6) is -0.227. The highest BCUT2D eigenvalue weighted by atomic mass is 32.1. The van der Waals surface area contributed by atoms with Crippen molar-refractivity contribution in [3.8, 4) is 0 Å². The van der Waals surface area contributed by atoms with Crippen LogP contribution < -0.4 is 4.90 Å². The zero-order valence-electron chi connectivity index (χ0n) is 13.2. The summed E-state index contributed by atoms with van der Waals surface area (Å²) in [6, 6.07) is 0. The van der Waals surface area contributed by atoms with Crippen molar-refractivity contribution in [2.45, 2.75) is 45.1 Å². The van der Waals surface area contributed by atoms with Crippen molar-refractivity contribution in [2.24, 2.45) is 0 Å². The van der Waals surface area contributed by atoms with Crippen molar-refractivity contribution in [3.63, 3.8) is 0 Å². The molecule has 0 saturated carbocycles. The first kappa shape index (κ1) is 16.2. The topological polar surface area (TPSA) is 51.7 Å². The Morgan fingerprint density at radius 3 is 3.00 bits per heavy atom. The Labute approximate surface area is 130 Å². The van der Waals surface area contributed by atoms with E-state index in [1.165, 1.54) is 0 Å². The molecule has 1 saturated heterocycles. The van der Waals surface area contributed by atoms with Crippen LogP contribution >= 0.6 is 11.3 Å². The van der Waals surface area contributed by atoms with Gasteiger partial charge in [0.2, 0.25) is 0 Å². The van der Waals surface area contributed by atoms with Gasteiger partial charge in [-0.1, -0.05) is 0 Å². The molecular weight excluding hydrogens is 288 g/mol. The van der Waals surface area contributed by atoms with E-state index in [0.29, 0.717) is 6.61 Å². The molecule has 1 unspecified atom stereocenters. The molecule has 0 N–H and O–H groups in total. The number of hydrogen-bond donors (Lipinski definition) is 0. The highest BCUT2D eigenvalue weighted by Gasteiger charge is 2.34. The van der Waals surface area contributed by atoms with Gasteiger partial charge in [0.25, 0.3) is 0 Å². The average Bonchev–Trinajstić information content (AvgIpc) is 2.98. The molecule has 1 aliphatic heterocycles. The summed E-state index contributed by atoms with van der Waals surface area (Å²) in [6.45, 7) is 7.78. The molecule has 0 spiro atoms. The van der Waals surface area contributed by atoms with Gasteiger partial charge in [-0.05, 0) is 33.6 Å². The molecule has 0 radical (unpaired) electrons. The monoisotopic (exact) mass is 312 g/mol. The van der Waals surface area contributed by atoms with Crippen molar-refractivity contribution >= 4 is 22.4 Å². The third-order valence-electron chi connectivity index (χ3n) is 3.90. The fourth-order valence-corrected chi connectivity index (χ4v) is 3.45. The maximum atomic E-state index is 12.1. The average molecular weight is 312 g/mol. The number of carbonyl (C=O) groups is 1. The van der Waals surface area contributed by atoms with E-state index in [-0.39, 0.29) is 12.1 Å². The number of hydrogen-bond acceptors (Lipinski definition) is 6. The van der Waals surface area contributed by atoms with E-state index in [4.69, 9.17) is 9.47 Å². The summed E-state index contributed by atoms with van der Waals surface area (Å²) in [5.41, 5.74) is 0.0711. The van der Waals surface area contributed by atoms with Crippen LogP contribution in [-0.4, -0.2) is 43.9 Å². The number of anilines is 1. The van der Waals surface area contributed by atoms with E-state index in [0.717, 1.165) is 36.8 Å². The van der Waals surface area contributed by atoms with Gasteiger partial charge < -0.3 is 14.4 Å². The molecular formula is C15H24N2O3S. The smallest absolute Gasteiger partial charge is 0.317 e. The molecule has 1 aliphatic rings. The summed E-state index contributed by atoms with van der Waals surface area (Å²) in [6.07, 6.45) is 2.47. The molecule has 2 heterocycles. The molecule has 21 heavy (non-hydrogen) atoms. The number of thiazole rings is 1. The Bertz CT molecular complexity index is 487. The minimum Gasteiger partial charge on any atom is -0.465 e. The Morgan fingerprint density at radius 1 is 1.57 bits per heavy atom. The maximum absolute atomic E-state index is 12.1. The first-order chi connectivity index (χ1) is 9.98. The maximum Gasteiger partial charge on any atom is 0.317 e. The van der Waals surface area contributed by atoms with E-state index in [1.54, 1.807) is 18.4 Å². The SMILES string of the molecule is CCOC(=O)C(C)(C)c1csc(N2CCCC(OC)C2)n1. The first-order valence-corrected chi connectivity index (χ1v) is 8.28. The van der Waals surface area contributed by atoms with Crippen LogP contribution in [0.3, 0.4) is 0 Å². The van der Waals surface area contributed by atoms with Crippen LogP contribution in [0.2, 0.25) is 0 Å². The van der Waals surface area contributed by atoms with Crippen molar-refractivity contribution in [3.05, 3.63) is 11.1 Å². The van der Waals surface area contributed by atoms with Gasteiger partial charge in [0.1, 0.15) is 5.41 Å². The third-order valence-corrected chi connectivity index (χ3v) is 4.80. The molecule has 1 fully saturated rings. The van der Waals surface area contributed by atoms with Gasteiger partial charge in [-0.15, -0.1) is 11.3 Å². The van der Waals surface area contributed by atoms with Crippen molar-refractivity contribution < 1.29 is 14.3 Å². The van der Waals surface area contributed by atoms with E-state index in [1.807, 2.05) is 26.2 Å². The summed E-state index contributed by atoms with van der Waals surface area (Å²) in [7, 11) is 1.76. The Morgan fingerprint density at radius 2 is 2.33 bits per heavy atom. The molecule has 2 rings (SSSR count). The van der Waals surface area contributed by atoms with Crippen LogP contribution in [0.1, 0.15) is 39.3 Å². The largest absolute Gasteiger partial charge is 0.465 e. The zero-order valence-corrected chi connectivity index (χ0v) is 14.0. The first-order valence-electron chi connectivity index (χ1n) is 7.40. The number of methoxy groups -OCH3 is 1. The second-order valence-corrected chi connectivity index (χ2v) is 6.64. The van der Waals surface area contributed by atoms with Gasteiger partial charge in [-0.2, -0.15) is 0 Å². The lowest BCUT2D eigenvalue weighted by Crippen LogP contribution is -2.39. The fraction of sp³-hybridized carbons (Fsp3) is 0.733. The summed E-state index contributed by atoms with van der Waals surface area (Å²) < 4.78 is 10.6. The molecule has 118 valence electrons. The number of nitrogens with zero attached hydrogens (tertiary/aromatic N) is 2. The lowest BCUT2D eigenvalue weighted by Gasteiger charge is -2.31. The van der Waals surface area contributed by atoms with Crippen molar-refractivity contribution in [2.75, 3.05) is 31.7 Å². The van der Waals surface area contributed by atoms with E-state index in [9.17, 15) is 4.79 Å². The van der Waals surface area contributed by atoms with Gasteiger partial charge in [0, 0.05) is 25.6 Å². The van der Waals surface area contributed by atoms with Gasteiger partial charge in [0.15, 0.2) is 5.13 Å². The highest BCUT2D eigenvalue weighted by Crippen LogP contribution is 2.31. The Balaban J connectivity index is 2.12. The number of aromatic nitrogens is 1. The number of piperidine rings is 1. The minimum atomic E-state index is -0.707. The predicted octanol–water partition coefficient (Wildman–Crippen LogP) is 2.60. The molecule has 5 nitrogen and oxygen atoms in total. The van der Waals surface area contributed by atoms with Crippen molar-refractivity contribution in [1.29, 1.82) is 0 Å².